The van der Waals surface area contributed by atoms with Gasteiger partial charge in [-0.05, 0) is 19.3 Å². The molecule has 5 heteroatoms. The summed E-state index contributed by atoms with van der Waals surface area (Å²) in [6.07, 6.45) is 12.6. The fourth-order valence-corrected chi connectivity index (χ4v) is 0.340. The van der Waals surface area contributed by atoms with Crippen LogP contribution >= 0.6 is 0 Å². The van der Waals surface area contributed by atoms with E-state index in [1.54, 1.807) is 0 Å². The minimum atomic E-state index is -0.333. The third-order valence-electron chi connectivity index (χ3n) is 1.26. The van der Waals surface area contributed by atoms with E-state index < -0.39 is 0 Å². The Morgan fingerprint density at radius 1 is 0.864 bits per heavy atom. The van der Waals surface area contributed by atoms with Gasteiger partial charge in [-0.25, -0.2) is 12.2 Å². The Hall–Kier alpha value is 0.786. The summed E-state index contributed by atoms with van der Waals surface area (Å²) in [6.45, 7) is 6.75. The quantitative estimate of drug-likeness (QED) is 0.449. The molecule has 0 saturated carbocycles. The molecule has 0 saturated heterocycles. The van der Waals surface area contributed by atoms with Crippen LogP contribution in [0, 0.1) is 6.08 Å². The van der Waals surface area contributed by atoms with Gasteiger partial charge in [0, 0.05) is 46.0 Å². The molecule has 0 bridgehead atoms. The van der Waals surface area contributed by atoms with Crippen molar-refractivity contribution < 1.29 is 41.5 Å². The first-order chi connectivity index (χ1) is 9.97. The molecule has 1 radical (unpaired) electrons. The van der Waals surface area contributed by atoms with Crippen LogP contribution in [0.5, 0.6) is 0 Å². The molecule has 0 spiro atoms. The largest absolute Gasteiger partial charge is 0 e. The second-order valence-electron chi connectivity index (χ2n) is 4.67. The molecular weight excluding hydrogens is 416 g/mol. The van der Waals surface area contributed by atoms with Gasteiger partial charge in [0.15, 0.2) is 0 Å². The van der Waals surface area contributed by atoms with E-state index in [1.807, 2.05) is 32.9 Å². The predicted molar refractivity (Wildman–Crippen MR) is 97.0 cm³/mol. The average Bonchev–Trinajstić information content (AvgIpc) is 3.06. The summed E-state index contributed by atoms with van der Waals surface area (Å²) < 4.78 is 0. The molecule has 1 rings (SSSR count). The molecule has 0 heterocycles. The van der Waals surface area contributed by atoms with Gasteiger partial charge in [0.25, 0.3) is 0 Å². The normalized spacial score (nSPS) is 9.73. The van der Waals surface area contributed by atoms with Crippen molar-refractivity contribution in [3.8, 4) is 0 Å². The van der Waals surface area contributed by atoms with Gasteiger partial charge in [-0.2, -0.15) is 6.08 Å². The summed E-state index contributed by atoms with van der Waals surface area (Å²) in [5, 5.41) is 23.6. The van der Waals surface area contributed by atoms with Gasteiger partial charge in [-0.1, -0.05) is 20.8 Å². The molecule has 22 heavy (non-hydrogen) atoms. The molecule has 0 aromatic heterocycles. The van der Waals surface area contributed by atoms with Crippen molar-refractivity contribution >= 4 is 14.3 Å². The molecule has 1 aliphatic rings. The SMILES string of the molecule is CCCO.CCCO.CCCO.[C-]1=CC=CC1.[CH3][Ge]([CH3])[CH3].[Zr]. The van der Waals surface area contributed by atoms with E-state index in [4.69, 9.17) is 15.3 Å². The second-order valence-corrected chi connectivity index (χ2v) is 11.0. The zero-order chi connectivity index (χ0) is 17.4. The molecule has 1 aliphatic carbocycles. The van der Waals surface area contributed by atoms with Gasteiger partial charge in [-0.15, -0.1) is 6.42 Å². The number of rotatable bonds is 3. The van der Waals surface area contributed by atoms with Crippen LogP contribution in [0.3, 0.4) is 0 Å². The number of hydrogen-bond acceptors (Lipinski definition) is 3. The van der Waals surface area contributed by atoms with E-state index in [9.17, 15) is 0 Å². The molecule has 0 fully saturated rings. The molecule has 3 N–H and O–H groups in total. The van der Waals surface area contributed by atoms with Crippen LogP contribution in [0.25, 0.3) is 0 Å². The molecule has 0 aromatic rings. The van der Waals surface area contributed by atoms with Crippen molar-refractivity contribution in [2.75, 3.05) is 19.8 Å². The molecule has 0 aromatic carbocycles. The Bertz CT molecular complexity index is 158. The summed E-state index contributed by atoms with van der Waals surface area (Å²) >= 11 is -0.333. The Morgan fingerprint density at radius 3 is 1.18 bits per heavy atom. The third kappa shape index (κ3) is 105. The first kappa shape index (κ1) is 34.2. The van der Waals surface area contributed by atoms with Crippen LogP contribution in [-0.2, 0) is 26.2 Å². The zero-order valence-corrected chi connectivity index (χ0v) is 20.1. The summed E-state index contributed by atoms with van der Waals surface area (Å²) in [6, 6.07) is 0. The molecule has 0 aliphatic heterocycles. The maximum Gasteiger partial charge on any atom is 0 e. The Kier molecular flexibility index (Phi) is 66.9. The minimum absolute atomic E-state index is 0. The van der Waals surface area contributed by atoms with E-state index in [-0.39, 0.29) is 40.6 Å². The molecule has 3 nitrogen and oxygen atoms in total. The van der Waals surface area contributed by atoms with Crippen LogP contribution in [0.2, 0.25) is 17.3 Å². The van der Waals surface area contributed by atoms with Gasteiger partial charge in [-0.3, -0.25) is 6.08 Å². The maximum atomic E-state index is 7.88. The summed E-state index contributed by atoms with van der Waals surface area (Å²) in [7, 11) is 0. The number of allylic oxidation sites excluding steroid dienone is 4. The Balaban J connectivity index is -0.0000000544. The first-order valence-electron chi connectivity index (χ1n) is 7.79. The molecule has 0 atom stereocenters. The molecule has 0 amide bonds. The van der Waals surface area contributed by atoms with Crippen LogP contribution in [0.15, 0.2) is 18.2 Å². The van der Waals surface area contributed by atoms with Crippen molar-refractivity contribution in [1.29, 1.82) is 0 Å². The van der Waals surface area contributed by atoms with Crippen LogP contribution in [0.1, 0.15) is 46.5 Å². The molecule has 0 unspecified atom stereocenters. The number of hydrogen-bond donors (Lipinski definition) is 3. The maximum absolute atomic E-state index is 7.88. The van der Waals surface area contributed by atoms with Crippen molar-refractivity contribution in [3.05, 3.63) is 24.3 Å². The summed E-state index contributed by atoms with van der Waals surface area (Å²) in [5.41, 5.74) is 0. The second kappa shape index (κ2) is 43.1. The predicted octanol–water partition coefficient (Wildman–Crippen LogP) is 3.84. The van der Waals surface area contributed by atoms with Crippen LogP contribution in [0.4, 0.5) is 0 Å². The summed E-state index contributed by atoms with van der Waals surface area (Å²) in [4.78, 5) is 0. The molecular formula is C17H38GeO3Zr-. The molecule has 133 valence electrons. The Morgan fingerprint density at radius 2 is 1.14 bits per heavy atom. The van der Waals surface area contributed by atoms with Gasteiger partial charge >= 0.3 is 31.6 Å². The van der Waals surface area contributed by atoms with E-state index in [1.165, 1.54) is 0 Å². The monoisotopic (exact) mass is 454 g/mol. The van der Waals surface area contributed by atoms with E-state index in [0.717, 1.165) is 25.7 Å². The Labute approximate surface area is 163 Å². The number of aliphatic hydroxyl groups excluding tert-OH is 3. The van der Waals surface area contributed by atoms with E-state index in [0.29, 0.717) is 19.8 Å². The fraction of sp³-hybridized carbons (Fsp3) is 0.765. The van der Waals surface area contributed by atoms with Gasteiger partial charge in [0.05, 0.1) is 0 Å². The average molecular weight is 454 g/mol. The smallest absolute Gasteiger partial charge is 0 e. The topological polar surface area (TPSA) is 60.7 Å². The van der Waals surface area contributed by atoms with Gasteiger partial charge < -0.3 is 15.3 Å². The van der Waals surface area contributed by atoms with Gasteiger partial charge in [0.2, 0.25) is 0 Å². The van der Waals surface area contributed by atoms with E-state index in [2.05, 4.69) is 29.4 Å². The van der Waals surface area contributed by atoms with Crippen molar-refractivity contribution in [1.82, 2.24) is 0 Å². The standard InChI is InChI=1S/C5H5.C3H9Ge.3C3H8O.Zr/c1-2-4-5-3-1;1-4(2)3;3*1-2-3-4;/h1-3H,4H2;1-3H3;3*4H,2-3H2,1H3;/q-1;;;;;. The van der Waals surface area contributed by atoms with Crippen molar-refractivity contribution in [2.24, 2.45) is 0 Å². The van der Waals surface area contributed by atoms with Crippen molar-refractivity contribution in [3.63, 3.8) is 0 Å². The van der Waals surface area contributed by atoms with E-state index >= 15 is 0 Å². The summed E-state index contributed by atoms with van der Waals surface area (Å²) in [5.74, 6) is 7.00. The third-order valence-corrected chi connectivity index (χ3v) is 1.26. The van der Waals surface area contributed by atoms with Crippen LogP contribution < -0.4 is 0 Å². The zero-order valence-electron chi connectivity index (χ0n) is 15.5. The number of aliphatic hydroxyl groups is 3. The van der Waals surface area contributed by atoms with Crippen LogP contribution in [-0.4, -0.2) is 49.5 Å². The fourth-order valence-electron chi connectivity index (χ4n) is 0.340. The van der Waals surface area contributed by atoms with Gasteiger partial charge in [0.1, 0.15) is 0 Å². The first-order valence-corrected chi connectivity index (χ1v) is 14.1. The minimum Gasteiger partial charge on any atom is 0 e. The van der Waals surface area contributed by atoms with Crippen molar-refractivity contribution in [2.45, 2.75) is 63.7 Å².